The summed E-state index contributed by atoms with van der Waals surface area (Å²) in [5.74, 6) is -2.56. The molecule has 0 aliphatic carbocycles. The number of ether oxygens (including phenoxy) is 5. The highest BCUT2D eigenvalue weighted by Crippen LogP contribution is 2.40. The molecule has 1 aliphatic heterocycles. The lowest BCUT2D eigenvalue weighted by molar-refractivity contribution is -0.207. The summed E-state index contributed by atoms with van der Waals surface area (Å²) < 4.78 is 37.6. The largest absolute Gasteiger partial charge is 0.459 e. The van der Waals surface area contributed by atoms with Crippen LogP contribution in [0.15, 0.2) is 134 Å². The molecule has 0 spiro atoms. The average Bonchev–Trinajstić information content (AvgIpc) is 3.21. The van der Waals surface area contributed by atoms with Crippen LogP contribution in [0.25, 0.3) is 0 Å². The minimum Gasteiger partial charge on any atom is -0.459 e. The molecule has 1 unspecified atom stereocenters. The monoisotopic (exact) mass is 796 g/mol. The first-order valence-electron chi connectivity index (χ1n) is 18.3. The fraction of sp³-hybridized carbons (Fsp3) is 0.318. The van der Waals surface area contributed by atoms with Crippen molar-refractivity contribution >= 4 is 44.0 Å². The number of rotatable bonds is 15. The summed E-state index contributed by atoms with van der Waals surface area (Å²) >= 11 is 1.26. The van der Waals surface area contributed by atoms with Crippen LogP contribution in [0, 0.1) is 0 Å². The van der Waals surface area contributed by atoms with Gasteiger partial charge in [-0.15, -0.1) is 18.3 Å². The Hall–Kier alpha value is -5.01. The Labute approximate surface area is 333 Å². The lowest BCUT2D eigenvalue weighted by Crippen LogP contribution is -2.62. The van der Waals surface area contributed by atoms with Crippen molar-refractivity contribution < 1.29 is 47.3 Å². The van der Waals surface area contributed by atoms with E-state index >= 15 is 0 Å². The second kappa shape index (κ2) is 19.2. The Balaban J connectivity index is 1.56. The van der Waals surface area contributed by atoms with Crippen molar-refractivity contribution in [2.24, 2.45) is 0 Å². The Kier molecular flexibility index (Phi) is 14.5. The van der Waals surface area contributed by atoms with E-state index in [1.165, 1.54) is 11.8 Å². The molecule has 4 aromatic carbocycles. The fourth-order valence-electron chi connectivity index (χ4n) is 5.56. The molecule has 0 aromatic heterocycles. The predicted molar refractivity (Wildman–Crippen MR) is 217 cm³/mol. The van der Waals surface area contributed by atoms with Gasteiger partial charge in [-0.25, -0.2) is 19.2 Å². The van der Waals surface area contributed by atoms with E-state index in [4.69, 9.17) is 28.1 Å². The van der Waals surface area contributed by atoms with Crippen molar-refractivity contribution in [3.05, 3.63) is 156 Å². The van der Waals surface area contributed by atoms with E-state index in [9.17, 15) is 19.2 Å². The highest BCUT2D eigenvalue weighted by Gasteiger charge is 2.53. The van der Waals surface area contributed by atoms with Gasteiger partial charge in [-0.3, -0.25) is 0 Å². The van der Waals surface area contributed by atoms with Gasteiger partial charge in [0.25, 0.3) is 0 Å². The molecule has 12 heteroatoms. The molecule has 1 aliphatic rings. The molecule has 10 nitrogen and oxygen atoms in total. The molecule has 56 heavy (non-hydrogen) atoms. The van der Waals surface area contributed by atoms with Gasteiger partial charge < -0.3 is 28.1 Å². The van der Waals surface area contributed by atoms with Crippen LogP contribution in [0.5, 0.6) is 0 Å². The SMILES string of the molecule is C=CC(CS[C@H]1O[C@H](COC(=O)c2ccccc2)[C@H](OC(=O)c2ccccc2)[C@H](OC(=O)c2ccccc2)[C@H]1OC(=O)c1ccccc1)O[Si](C)(C)C(C)(C)C. The van der Waals surface area contributed by atoms with Crippen LogP contribution in [-0.2, 0) is 28.1 Å². The second-order valence-electron chi connectivity index (χ2n) is 14.7. The molecule has 294 valence electrons. The Morgan fingerprint density at radius 1 is 0.661 bits per heavy atom. The van der Waals surface area contributed by atoms with E-state index in [2.05, 4.69) is 40.4 Å². The molecule has 1 heterocycles. The third-order valence-electron chi connectivity index (χ3n) is 9.68. The van der Waals surface area contributed by atoms with E-state index < -0.39 is 74.8 Å². The molecular formula is C44H48O10SSi. The van der Waals surface area contributed by atoms with Gasteiger partial charge >= 0.3 is 23.9 Å². The molecule has 1 fully saturated rings. The maximum Gasteiger partial charge on any atom is 0.338 e. The highest BCUT2D eigenvalue weighted by atomic mass is 32.2. The van der Waals surface area contributed by atoms with E-state index in [-0.39, 0.29) is 21.7 Å². The minimum absolute atomic E-state index is 0.0890. The van der Waals surface area contributed by atoms with Crippen LogP contribution < -0.4 is 0 Å². The normalized spacial score (nSPS) is 20.2. The van der Waals surface area contributed by atoms with Gasteiger partial charge in [0.1, 0.15) is 18.1 Å². The van der Waals surface area contributed by atoms with Crippen molar-refractivity contribution in [2.45, 2.75) is 74.9 Å². The topological polar surface area (TPSA) is 124 Å². The summed E-state index contributed by atoms with van der Waals surface area (Å²) in [6, 6.07) is 33.3. The summed E-state index contributed by atoms with van der Waals surface area (Å²) in [4.78, 5) is 54.7. The molecule has 6 atom stereocenters. The standard InChI is InChI=1S/C44H48O10SSi/c1-7-34(54-56(5,6)44(2,3)4)29-55-43-38(53-42(48)33-26-18-11-19-27-33)37(52-41(47)32-24-16-10-17-25-32)36(51-40(46)31-22-14-9-15-23-31)35(50-43)28-49-39(45)30-20-12-8-13-21-30/h7-27,34-38,43H,1,28-29H2,2-6H3/t34?,35-,36+,37+,38-,43-/m1/s1. The molecular weight excluding hydrogens is 749 g/mol. The van der Waals surface area contributed by atoms with Crippen molar-refractivity contribution in [1.29, 1.82) is 0 Å². The second-order valence-corrected chi connectivity index (χ2v) is 20.6. The number of esters is 4. The van der Waals surface area contributed by atoms with Crippen LogP contribution in [0.4, 0.5) is 0 Å². The lowest BCUT2D eigenvalue weighted by Gasteiger charge is -2.45. The molecule has 0 saturated carbocycles. The first-order chi connectivity index (χ1) is 26.8. The van der Waals surface area contributed by atoms with Gasteiger partial charge in [-0.05, 0) is 66.7 Å². The van der Waals surface area contributed by atoms with Crippen molar-refractivity contribution in [1.82, 2.24) is 0 Å². The molecule has 0 N–H and O–H groups in total. The summed E-state index contributed by atoms with van der Waals surface area (Å²) in [5.41, 5.74) is -0.0665. The zero-order valence-electron chi connectivity index (χ0n) is 32.2. The van der Waals surface area contributed by atoms with Crippen LogP contribution in [0.3, 0.4) is 0 Å². The Bertz CT molecular complexity index is 1920. The van der Waals surface area contributed by atoms with E-state index in [0.717, 1.165) is 0 Å². The zero-order chi connectivity index (χ0) is 40.3. The predicted octanol–water partition coefficient (Wildman–Crippen LogP) is 8.55. The van der Waals surface area contributed by atoms with Crippen molar-refractivity contribution in [2.75, 3.05) is 12.4 Å². The van der Waals surface area contributed by atoms with Gasteiger partial charge in [0.05, 0.1) is 28.4 Å². The summed E-state index contributed by atoms with van der Waals surface area (Å²) in [5, 5.41) is -0.0890. The number of benzene rings is 4. The number of thioether (sulfide) groups is 1. The first-order valence-corrected chi connectivity index (χ1v) is 22.3. The Morgan fingerprint density at radius 3 is 1.46 bits per heavy atom. The van der Waals surface area contributed by atoms with Gasteiger partial charge in [-0.2, -0.15) is 0 Å². The maximum atomic E-state index is 13.9. The van der Waals surface area contributed by atoms with Gasteiger partial charge in [0.2, 0.25) is 0 Å². The number of carbonyl (C=O) groups excluding carboxylic acids is 4. The number of hydrogen-bond donors (Lipinski definition) is 0. The van der Waals surface area contributed by atoms with Crippen molar-refractivity contribution in [3.63, 3.8) is 0 Å². The maximum absolute atomic E-state index is 13.9. The third-order valence-corrected chi connectivity index (χ3v) is 15.4. The molecule has 1 saturated heterocycles. The third kappa shape index (κ3) is 11.1. The summed E-state index contributed by atoms with van der Waals surface area (Å²) in [6.45, 7) is 14.3. The quantitative estimate of drug-likeness (QED) is 0.0498. The number of hydrogen-bond acceptors (Lipinski definition) is 11. The fourth-order valence-corrected chi connectivity index (χ4v) is 8.17. The van der Waals surface area contributed by atoms with E-state index in [1.54, 1.807) is 127 Å². The van der Waals surface area contributed by atoms with Gasteiger partial charge in [0, 0.05) is 5.75 Å². The highest BCUT2D eigenvalue weighted by molar-refractivity contribution is 7.99. The van der Waals surface area contributed by atoms with Crippen LogP contribution in [0.2, 0.25) is 18.1 Å². The minimum atomic E-state index is -2.26. The molecule has 0 amide bonds. The number of carbonyl (C=O) groups is 4. The van der Waals surface area contributed by atoms with Crippen LogP contribution in [-0.4, -0.2) is 80.5 Å². The Morgan fingerprint density at radius 2 is 1.05 bits per heavy atom. The molecule has 5 rings (SSSR count). The molecule has 0 bridgehead atoms. The molecule has 0 radical (unpaired) electrons. The summed E-state index contributed by atoms with van der Waals surface area (Å²) in [6.07, 6.45) is -4.06. The van der Waals surface area contributed by atoms with E-state index in [1.807, 2.05) is 0 Å². The average molecular weight is 797 g/mol. The molecule has 4 aromatic rings. The van der Waals surface area contributed by atoms with Gasteiger partial charge in [-0.1, -0.05) is 99.6 Å². The smallest absolute Gasteiger partial charge is 0.338 e. The van der Waals surface area contributed by atoms with Crippen LogP contribution in [0.1, 0.15) is 62.2 Å². The van der Waals surface area contributed by atoms with E-state index in [0.29, 0.717) is 11.3 Å². The van der Waals surface area contributed by atoms with Crippen molar-refractivity contribution in [3.8, 4) is 0 Å². The first kappa shape index (κ1) is 42.1. The van der Waals surface area contributed by atoms with Crippen LogP contribution >= 0.6 is 11.8 Å². The zero-order valence-corrected chi connectivity index (χ0v) is 34.0. The van der Waals surface area contributed by atoms with Gasteiger partial charge in [0.15, 0.2) is 26.6 Å². The summed E-state index contributed by atoms with van der Waals surface area (Å²) in [7, 11) is -2.26. The lowest BCUT2D eigenvalue weighted by atomic mass is 9.98.